The smallest absolute Gasteiger partial charge is 0.0841 e. The molecule has 4 aliphatic rings. The van der Waals surface area contributed by atoms with E-state index in [0.29, 0.717) is 17.9 Å². The summed E-state index contributed by atoms with van der Waals surface area (Å²) in [5.41, 5.74) is 0. The van der Waals surface area contributed by atoms with Crippen molar-refractivity contribution in [2.75, 3.05) is 6.61 Å². The molecule has 1 saturated heterocycles. The molecule has 0 radical (unpaired) electrons. The Balaban J connectivity index is 1.67. The predicted octanol–water partition coefficient (Wildman–Crippen LogP) is 1.43. The molecule has 1 N–H and O–H groups in total. The number of aliphatic hydroxyl groups excluding tert-OH is 1. The van der Waals surface area contributed by atoms with Gasteiger partial charge < -0.3 is 9.84 Å². The van der Waals surface area contributed by atoms with Gasteiger partial charge in [-0.15, -0.1) is 0 Å². The molecule has 0 spiro atoms. The van der Waals surface area contributed by atoms with Crippen LogP contribution in [0.2, 0.25) is 0 Å². The van der Waals surface area contributed by atoms with Crippen LogP contribution in [0.4, 0.5) is 0 Å². The Hall–Kier alpha value is -0.0800. The lowest BCUT2D eigenvalue weighted by molar-refractivity contribution is 0.0852. The molecule has 3 aliphatic carbocycles. The maximum Gasteiger partial charge on any atom is 0.0841 e. The van der Waals surface area contributed by atoms with Crippen molar-refractivity contribution in [3.05, 3.63) is 0 Å². The largest absolute Gasteiger partial charge is 0.393 e. The monoisotopic (exact) mass is 194 g/mol. The second-order valence-electron chi connectivity index (χ2n) is 5.83. The first-order valence-electron chi connectivity index (χ1n) is 6.14. The summed E-state index contributed by atoms with van der Waals surface area (Å²) in [5.74, 6) is 4.00. The average molecular weight is 194 g/mol. The van der Waals surface area contributed by atoms with E-state index in [-0.39, 0.29) is 6.10 Å². The standard InChI is InChI=1S/C12H18O2/c13-9-4-8(10-5-14-10)11-6-1-2-7(3-6)12(9)11/h6-13H,1-5H2. The number of hydrogen-bond acceptors (Lipinski definition) is 2. The van der Waals surface area contributed by atoms with Gasteiger partial charge in [-0.1, -0.05) is 0 Å². The number of epoxide rings is 1. The van der Waals surface area contributed by atoms with Crippen molar-refractivity contribution in [2.45, 2.75) is 37.9 Å². The van der Waals surface area contributed by atoms with Crippen molar-refractivity contribution >= 4 is 0 Å². The van der Waals surface area contributed by atoms with E-state index in [1.807, 2.05) is 0 Å². The fraction of sp³-hybridized carbons (Fsp3) is 1.00. The van der Waals surface area contributed by atoms with Gasteiger partial charge in [-0.05, 0) is 55.3 Å². The molecule has 3 saturated carbocycles. The maximum absolute atomic E-state index is 10.1. The molecule has 0 aromatic heterocycles. The molecule has 0 aromatic rings. The summed E-state index contributed by atoms with van der Waals surface area (Å²) in [5, 5.41) is 10.1. The van der Waals surface area contributed by atoms with Crippen molar-refractivity contribution in [2.24, 2.45) is 29.6 Å². The highest BCUT2D eigenvalue weighted by Gasteiger charge is 2.60. The van der Waals surface area contributed by atoms with E-state index >= 15 is 0 Å². The van der Waals surface area contributed by atoms with E-state index < -0.39 is 0 Å². The SMILES string of the molecule is OC1CC(C2CO2)C2C3CCC(C3)C12. The summed E-state index contributed by atoms with van der Waals surface area (Å²) in [7, 11) is 0. The number of hydrogen-bond donors (Lipinski definition) is 1. The molecule has 4 fully saturated rings. The molecule has 0 aromatic carbocycles. The third-order valence-electron chi connectivity index (χ3n) is 5.34. The van der Waals surface area contributed by atoms with Gasteiger partial charge in [0.1, 0.15) is 0 Å². The van der Waals surface area contributed by atoms with E-state index in [1.165, 1.54) is 19.3 Å². The van der Waals surface area contributed by atoms with Crippen molar-refractivity contribution in [1.29, 1.82) is 0 Å². The Morgan fingerprint density at radius 1 is 1.00 bits per heavy atom. The summed E-state index contributed by atoms with van der Waals surface area (Å²) >= 11 is 0. The first-order chi connectivity index (χ1) is 6.84. The first-order valence-corrected chi connectivity index (χ1v) is 6.14. The van der Waals surface area contributed by atoms with Gasteiger partial charge in [0.2, 0.25) is 0 Å². The maximum atomic E-state index is 10.1. The second-order valence-corrected chi connectivity index (χ2v) is 5.83. The Morgan fingerprint density at radius 3 is 2.43 bits per heavy atom. The summed E-state index contributed by atoms with van der Waals surface area (Å²) in [6.45, 7) is 0.970. The van der Waals surface area contributed by atoms with Crippen LogP contribution in [0, 0.1) is 29.6 Å². The lowest BCUT2D eigenvalue weighted by Gasteiger charge is -2.28. The topological polar surface area (TPSA) is 32.8 Å². The third kappa shape index (κ3) is 0.892. The fourth-order valence-electron chi connectivity index (χ4n) is 4.88. The quantitative estimate of drug-likeness (QED) is 0.640. The molecule has 2 heteroatoms. The molecule has 14 heavy (non-hydrogen) atoms. The lowest BCUT2D eigenvalue weighted by Crippen LogP contribution is -2.27. The Bertz CT molecular complexity index is 261. The van der Waals surface area contributed by atoms with Crippen LogP contribution >= 0.6 is 0 Å². The Kier molecular flexibility index (Phi) is 1.47. The normalized spacial score (nSPS) is 64.5. The lowest BCUT2D eigenvalue weighted by atomic mass is 9.77. The molecule has 2 nitrogen and oxygen atoms in total. The molecular weight excluding hydrogens is 176 g/mol. The molecule has 7 atom stereocenters. The van der Waals surface area contributed by atoms with Gasteiger partial charge in [0, 0.05) is 0 Å². The Labute approximate surface area is 84.6 Å². The van der Waals surface area contributed by atoms with E-state index in [1.54, 1.807) is 0 Å². The van der Waals surface area contributed by atoms with E-state index in [2.05, 4.69) is 0 Å². The molecule has 0 amide bonds. The van der Waals surface area contributed by atoms with Crippen molar-refractivity contribution < 1.29 is 9.84 Å². The molecule has 1 aliphatic heterocycles. The molecule has 4 rings (SSSR count). The van der Waals surface area contributed by atoms with Gasteiger partial charge in [0.05, 0.1) is 18.8 Å². The van der Waals surface area contributed by atoms with Gasteiger partial charge in [-0.2, -0.15) is 0 Å². The average Bonchev–Trinajstić information content (AvgIpc) is 2.69. The van der Waals surface area contributed by atoms with Crippen LogP contribution in [-0.2, 0) is 4.74 Å². The van der Waals surface area contributed by atoms with Gasteiger partial charge in [0.25, 0.3) is 0 Å². The van der Waals surface area contributed by atoms with E-state index in [4.69, 9.17) is 4.74 Å². The highest BCUT2D eigenvalue weighted by atomic mass is 16.6. The molecule has 78 valence electrons. The first kappa shape index (κ1) is 8.12. The van der Waals surface area contributed by atoms with Gasteiger partial charge in [-0.25, -0.2) is 0 Å². The molecule has 7 unspecified atom stereocenters. The van der Waals surface area contributed by atoms with Gasteiger partial charge in [0.15, 0.2) is 0 Å². The highest BCUT2D eigenvalue weighted by molar-refractivity contribution is 5.08. The van der Waals surface area contributed by atoms with Gasteiger partial charge in [-0.3, -0.25) is 0 Å². The number of rotatable bonds is 1. The van der Waals surface area contributed by atoms with Crippen LogP contribution < -0.4 is 0 Å². The van der Waals surface area contributed by atoms with Crippen LogP contribution in [0.1, 0.15) is 25.7 Å². The zero-order chi connectivity index (χ0) is 9.28. The number of ether oxygens (including phenoxy) is 1. The fourth-order valence-corrected chi connectivity index (χ4v) is 4.88. The third-order valence-corrected chi connectivity index (χ3v) is 5.34. The highest BCUT2D eigenvalue weighted by Crippen LogP contribution is 2.62. The van der Waals surface area contributed by atoms with E-state index in [0.717, 1.165) is 30.8 Å². The number of fused-ring (bicyclic) bond motifs is 5. The molecular formula is C12H18O2. The van der Waals surface area contributed by atoms with Crippen LogP contribution in [0.25, 0.3) is 0 Å². The second kappa shape index (κ2) is 2.53. The van der Waals surface area contributed by atoms with Crippen LogP contribution in [0.5, 0.6) is 0 Å². The minimum atomic E-state index is 0.00417. The van der Waals surface area contributed by atoms with Crippen LogP contribution in [-0.4, -0.2) is 23.9 Å². The summed E-state index contributed by atoms with van der Waals surface area (Å²) < 4.78 is 5.45. The molecule has 2 bridgehead atoms. The zero-order valence-corrected chi connectivity index (χ0v) is 8.43. The van der Waals surface area contributed by atoms with Crippen LogP contribution in [0.15, 0.2) is 0 Å². The van der Waals surface area contributed by atoms with Gasteiger partial charge >= 0.3 is 0 Å². The Morgan fingerprint density at radius 2 is 1.71 bits per heavy atom. The summed E-state index contributed by atoms with van der Waals surface area (Å²) in [6.07, 6.45) is 5.80. The van der Waals surface area contributed by atoms with E-state index in [9.17, 15) is 5.11 Å². The van der Waals surface area contributed by atoms with Crippen molar-refractivity contribution in [1.82, 2.24) is 0 Å². The summed E-state index contributed by atoms with van der Waals surface area (Å²) in [6, 6.07) is 0. The summed E-state index contributed by atoms with van der Waals surface area (Å²) in [4.78, 5) is 0. The van der Waals surface area contributed by atoms with Crippen LogP contribution in [0.3, 0.4) is 0 Å². The molecule has 1 heterocycles. The predicted molar refractivity (Wildman–Crippen MR) is 51.7 cm³/mol. The number of aliphatic hydroxyl groups is 1. The van der Waals surface area contributed by atoms with Crippen molar-refractivity contribution in [3.8, 4) is 0 Å². The zero-order valence-electron chi connectivity index (χ0n) is 8.43. The van der Waals surface area contributed by atoms with Crippen molar-refractivity contribution in [3.63, 3.8) is 0 Å². The minimum absolute atomic E-state index is 0.00417. The minimum Gasteiger partial charge on any atom is -0.393 e.